The van der Waals surface area contributed by atoms with Crippen molar-refractivity contribution in [1.82, 2.24) is 9.13 Å². The average Bonchev–Trinajstić information content (AvgIpc) is 3.24. The Hall–Kier alpha value is -2.82. The molecule has 0 aliphatic carbocycles. The highest BCUT2D eigenvalue weighted by atomic mass is 16.6. The second-order valence-electron chi connectivity index (χ2n) is 6.05. The molecule has 0 saturated carbocycles. The van der Waals surface area contributed by atoms with Gasteiger partial charge in [-0.25, -0.2) is 0 Å². The quantitative estimate of drug-likeness (QED) is 0.491. The van der Waals surface area contributed by atoms with Gasteiger partial charge in [0.2, 0.25) is 0 Å². The first-order valence-electron chi connectivity index (χ1n) is 8.72. The molecule has 0 aliphatic rings. The summed E-state index contributed by atoms with van der Waals surface area (Å²) >= 11 is 0. The molecule has 0 atom stereocenters. The van der Waals surface area contributed by atoms with Crippen LogP contribution in [0.3, 0.4) is 0 Å². The highest BCUT2D eigenvalue weighted by Gasteiger charge is 2.05. The van der Waals surface area contributed by atoms with Crippen LogP contribution in [0.1, 0.15) is 13.8 Å². The van der Waals surface area contributed by atoms with Crippen molar-refractivity contribution in [2.45, 2.75) is 26.9 Å². The fourth-order valence-electron chi connectivity index (χ4n) is 3.25. The summed E-state index contributed by atoms with van der Waals surface area (Å²) in [5.74, 6) is 1.64. The van der Waals surface area contributed by atoms with E-state index in [2.05, 4.69) is 71.8 Å². The second-order valence-corrected chi connectivity index (χ2v) is 6.05. The molecule has 4 aromatic rings. The van der Waals surface area contributed by atoms with Gasteiger partial charge < -0.3 is 18.4 Å². The monoisotopic (exact) mass is 332 g/mol. The first-order valence-corrected chi connectivity index (χ1v) is 8.72. The molecule has 4 nitrogen and oxygen atoms in total. The van der Waals surface area contributed by atoms with Gasteiger partial charge in [-0.3, -0.25) is 0 Å². The molecule has 0 unspecified atom stereocenters. The lowest BCUT2D eigenvalue weighted by atomic mass is 10.2. The van der Waals surface area contributed by atoms with Crippen molar-refractivity contribution in [3.8, 4) is 11.5 Å². The Bertz CT molecular complexity index is 937. The van der Waals surface area contributed by atoms with Gasteiger partial charge in [0.1, 0.15) is 11.5 Å². The molecule has 0 bridgehead atoms. The number of fused-ring (bicyclic) bond motifs is 2. The lowest BCUT2D eigenvalue weighted by molar-refractivity contribution is 0.460. The van der Waals surface area contributed by atoms with Crippen LogP contribution in [0.5, 0.6) is 11.5 Å². The van der Waals surface area contributed by atoms with Gasteiger partial charge >= 0.3 is 7.69 Å². The Morgan fingerprint density at radius 2 is 1.20 bits per heavy atom. The summed E-state index contributed by atoms with van der Waals surface area (Å²) in [7, 11) is 0.194. The SMILES string of the molecule is CCn1ccc2cc(OBOc3ccc4c(ccn4CC)c3)ccc21. The first kappa shape index (κ1) is 15.7. The van der Waals surface area contributed by atoms with Gasteiger partial charge in [-0.1, -0.05) is 0 Å². The molecule has 5 heteroatoms. The largest absolute Gasteiger partial charge is 0.576 e. The molecule has 0 aliphatic heterocycles. The molecule has 2 aromatic carbocycles. The Morgan fingerprint density at radius 1 is 0.720 bits per heavy atom. The maximum Gasteiger partial charge on any atom is 0.576 e. The first-order chi connectivity index (χ1) is 12.3. The fraction of sp³-hybridized carbons (Fsp3) is 0.200. The van der Waals surface area contributed by atoms with E-state index in [-0.39, 0.29) is 7.69 Å². The molecule has 4 rings (SSSR count). The van der Waals surface area contributed by atoms with Crippen LogP contribution in [0, 0.1) is 0 Å². The van der Waals surface area contributed by atoms with Crippen LogP contribution in [-0.4, -0.2) is 16.8 Å². The molecule has 0 N–H and O–H groups in total. The second kappa shape index (κ2) is 6.59. The molecular weight excluding hydrogens is 311 g/mol. The third-order valence-electron chi connectivity index (χ3n) is 4.62. The zero-order valence-corrected chi connectivity index (χ0v) is 14.6. The number of hydrogen-bond donors (Lipinski definition) is 0. The maximum atomic E-state index is 5.76. The van der Waals surface area contributed by atoms with Crippen molar-refractivity contribution in [2.75, 3.05) is 0 Å². The highest BCUT2D eigenvalue weighted by Crippen LogP contribution is 2.24. The van der Waals surface area contributed by atoms with E-state index < -0.39 is 0 Å². The van der Waals surface area contributed by atoms with Crippen LogP contribution >= 0.6 is 0 Å². The Kier molecular flexibility index (Phi) is 4.14. The minimum Gasteiger partial charge on any atom is -0.529 e. The third kappa shape index (κ3) is 2.98. The van der Waals surface area contributed by atoms with Crippen molar-refractivity contribution in [3.05, 3.63) is 60.9 Å². The van der Waals surface area contributed by atoms with Gasteiger partial charge in [-0.2, -0.15) is 0 Å². The predicted octanol–water partition coefficient (Wildman–Crippen LogP) is 4.36. The number of rotatable bonds is 6. The van der Waals surface area contributed by atoms with Gasteiger partial charge in [0.25, 0.3) is 0 Å². The summed E-state index contributed by atoms with van der Waals surface area (Å²) < 4.78 is 16.0. The van der Waals surface area contributed by atoms with Crippen molar-refractivity contribution in [2.24, 2.45) is 0 Å². The average molecular weight is 332 g/mol. The van der Waals surface area contributed by atoms with Gasteiger partial charge in [0.05, 0.1) is 0 Å². The van der Waals surface area contributed by atoms with Crippen LogP contribution in [0.2, 0.25) is 0 Å². The maximum absolute atomic E-state index is 5.76. The van der Waals surface area contributed by atoms with Gasteiger partial charge in [-0.05, 0) is 62.4 Å². The van der Waals surface area contributed by atoms with E-state index >= 15 is 0 Å². The lowest BCUT2D eigenvalue weighted by Crippen LogP contribution is -2.10. The smallest absolute Gasteiger partial charge is 0.529 e. The van der Waals surface area contributed by atoms with E-state index in [9.17, 15) is 0 Å². The van der Waals surface area contributed by atoms with Crippen molar-refractivity contribution >= 4 is 29.5 Å². The van der Waals surface area contributed by atoms with Crippen LogP contribution in [0.25, 0.3) is 21.8 Å². The number of aromatic nitrogens is 2. The summed E-state index contributed by atoms with van der Waals surface area (Å²) in [6.07, 6.45) is 4.20. The van der Waals surface area contributed by atoms with E-state index in [1.54, 1.807) is 0 Å². The van der Waals surface area contributed by atoms with Crippen molar-refractivity contribution in [1.29, 1.82) is 0 Å². The summed E-state index contributed by atoms with van der Waals surface area (Å²) in [5, 5.41) is 2.36. The predicted molar refractivity (Wildman–Crippen MR) is 104 cm³/mol. The van der Waals surface area contributed by atoms with Gasteiger partial charge in [0.15, 0.2) is 0 Å². The zero-order valence-electron chi connectivity index (χ0n) is 14.6. The minimum atomic E-state index is 0.194. The summed E-state index contributed by atoms with van der Waals surface area (Å²) in [6.45, 7) is 6.22. The molecule has 0 spiro atoms. The van der Waals surface area contributed by atoms with E-state index in [0.717, 1.165) is 24.6 Å². The number of benzene rings is 2. The minimum absolute atomic E-state index is 0.194. The summed E-state index contributed by atoms with van der Waals surface area (Å²) in [5.41, 5.74) is 2.45. The third-order valence-corrected chi connectivity index (χ3v) is 4.62. The van der Waals surface area contributed by atoms with Gasteiger partial charge in [-0.15, -0.1) is 0 Å². The van der Waals surface area contributed by atoms with Crippen LogP contribution in [0.4, 0.5) is 0 Å². The fourth-order valence-corrected chi connectivity index (χ4v) is 3.25. The molecule has 0 radical (unpaired) electrons. The molecule has 2 heterocycles. The van der Waals surface area contributed by atoms with E-state index in [1.165, 1.54) is 21.8 Å². The molecule has 2 aromatic heterocycles. The van der Waals surface area contributed by atoms with E-state index in [0.29, 0.717) is 0 Å². The molecular formula is C20H21BN2O2. The highest BCUT2D eigenvalue weighted by molar-refractivity contribution is 6.20. The Labute approximate surface area is 147 Å². The molecule has 0 saturated heterocycles. The normalized spacial score (nSPS) is 11.1. The number of nitrogens with zero attached hydrogens (tertiary/aromatic N) is 2. The Balaban J connectivity index is 1.43. The van der Waals surface area contributed by atoms with E-state index in [1.807, 2.05) is 12.1 Å². The standard InChI is InChI=1S/C20H21BN2O2/c1-3-22-11-9-15-13-17(5-7-19(15)22)24-21-25-18-6-8-20-16(14-18)10-12-23(20)4-2/h5-14,21H,3-4H2,1-2H3. The van der Waals surface area contributed by atoms with Gasteiger partial charge in [0, 0.05) is 47.3 Å². The van der Waals surface area contributed by atoms with Crippen molar-refractivity contribution < 1.29 is 9.31 Å². The molecule has 0 amide bonds. The number of aryl methyl sites for hydroxylation is 2. The topological polar surface area (TPSA) is 28.3 Å². The van der Waals surface area contributed by atoms with Crippen molar-refractivity contribution in [3.63, 3.8) is 0 Å². The lowest BCUT2D eigenvalue weighted by Gasteiger charge is -2.09. The molecule has 25 heavy (non-hydrogen) atoms. The summed E-state index contributed by atoms with van der Waals surface area (Å²) in [6, 6.07) is 16.5. The van der Waals surface area contributed by atoms with Crippen LogP contribution in [-0.2, 0) is 13.1 Å². The molecule has 0 fully saturated rings. The van der Waals surface area contributed by atoms with Crippen LogP contribution in [0.15, 0.2) is 60.9 Å². The summed E-state index contributed by atoms with van der Waals surface area (Å²) in [4.78, 5) is 0. The molecule has 126 valence electrons. The number of hydrogen-bond acceptors (Lipinski definition) is 2. The van der Waals surface area contributed by atoms with E-state index in [4.69, 9.17) is 9.31 Å². The Morgan fingerprint density at radius 3 is 1.64 bits per heavy atom. The van der Waals surface area contributed by atoms with Crippen LogP contribution < -0.4 is 9.31 Å². The zero-order chi connectivity index (χ0) is 17.2.